The Labute approximate surface area is 103 Å². The standard InChI is InChI=1S/C10H15FN2O5/c1-17-8(14)6-12-9(15)7-2-4-13(5-3-7)10(16)18-11/h7H,2-6H2,1H3,(H,12,15). The van der Waals surface area contributed by atoms with E-state index in [0.29, 0.717) is 12.8 Å². The van der Waals surface area contributed by atoms with Crippen LogP contribution >= 0.6 is 0 Å². The molecule has 0 aromatic rings. The minimum absolute atomic E-state index is 0.179. The first-order valence-corrected chi connectivity index (χ1v) is 5.50. The molecule has 0 spiro atoms. The molecule has 102 valence electrons. The van der Waals surface area contributed by atoms with Crippen molar-refractivity contribution < 1.29 is 28.6 Å². The second-order valence-corrected chi connectivity index (χ2v) is 3.90. The highest BCUT2D eigenvalue weighted by Crippen LogP contribution is 2.17. The van der Waals surface area contributed by atoms with Gasteiger partial charge in [-0.05, 0) is 12.8 Å². The molecule has 0 bridgehead atoms. The number of esters is 1. The first kappa shape index (κ1) is 14.2. The van der Waals surface area contributed by atoms with Crippen molar-refractivity contribution >= 4 is 18.0 Å². The van der Waals surface area contributed by atoms with E-state index in [-0.39, 0.29) is 31.5 Å². The van der Waals surface area contributed by atoms with Gasteiger partial charge in [0.15, 0.2) is 0 Å². The Morgan fingerprint density at radius 2 is 1.94 bits per heavy atom. The van der Waals surface area contributed by atoms with Crippen LogP contribution in [-0.4, -0.2) is 49.6 Å². The van der Waals surface area contributed by atoms with Crippen LogP contribution in [0.2, 0.25) is 0 Å². The number of carbonyl (C=O) groups excluding carboxylic acids is 3. The third-order valence-corrected chi connectivity index (χ3v) is 2.82. The summed E-state index contributed by atoms with van der Waals surface area (Å²) in [4.78, 5) is 37.6. The number of nitrogens with zero attached hydrogens (tertiary/aromatic N) is 1. The summed E-state index contributed by atoms with van der Waals surface area (Å²) in [6.45, 7) is 0.320. The SMILES string of the molecule is COC(=O)CNC(=O)C1CCN(C(=O)OF)CC1. The van der Waals surface area contributed by atoms with Crippen LogP contribution < -0.4 is 5.32 Å². The van der Waals surface area contributed by atoms with Crippen molar-refractivity contribution in [1.29, 1.82) is 0 Å². The molecule has 1 fully saturated rings. The number of ether oxygens (including phenoxy) is 1. The number of piperidine rings is 1. The van der Waals surface area contributed by atoms with E-state index >= 15 is 0 Å². The van der Waals surface area contributed by atoms with Gasteiger partial charge in [-0.15, -0.1) is 0 Å². The van der Waals surface area contributed by atoms with Crippen LogP contribution in [0.1, 0.15) is 12.8 Å². The molecule has 1 aliphatic heterocycles. The van der Waals surface area contributed by atoms with Crippen molar-refractivity contribution in [2.45, 2.75) is 12.8 Å². The Morgan fingerprint density at radius 3 is 2.44 bits per heavy atom. The highest BCUT2D eigenvalue weighted by Gasteiger charge is 2.28. The lowest BCUT2D eigenvalue weighted by Crippen LogP contribution is -2.43. The molecule has 1 N–H and O–H groups in total. The van der Waals surface area contributed by atoms with E-state index in [0.717, 1.165) is 0 Å². The van der Waals surface area contributed by atoms with Gasteiger partial charge < -0.3 is 15.0 Å². The van der Waals surface area contributed by atoms with Crippen LogP contribution in [0, 0.1) is 5.92 Å². The largest absolute Gasteiger partial charge is 0.468 e. The van der Waals surface area contributed by atoms with Gasteiger partial charge in [-0.2, -0.15) is 0 Å². The van der Waals surface area contributed by atoms with Gasteiger partial charge in [0.05, 0.1) is 7.11 Å². The van der Waals surface area contributed by atoms with Crippen molar-refractivity contribution in [2.75, 3.05) is 26.7 Å². The molecule has 7 nitrogen and oxygen atoms in total. The van der Waals surface area contributed by atoms with Crippen LogP contribution in [0.25, 0.3) is 0 Å². The summed E-state index contributed by atoms with van der Waals surface area (Å²) < 4.78 is 16.0. The molecular formula is C10H15FN2O5. The van der Waals surface area contributed by atoms with E-state index in [9.17, 15) is 18.9 Å². The van der Waals surface area contributed by atoms with E-state index in [4.69, 9.17) is 0 Å². The Bertz CT molecular complexity index is 328. The monoisotopic (exact) mass is 262 g/mol. The van der Waals surface area contributed by atoms with Gasteiger partial charge in [0.1, 0.15) is 6.54 Å². The lowest BCUT2D eigenvalue weighted by molar-refractivity contribution is -0.141. The summed E-state index contributed by atoms with van der Waals surface area (Å²) in [5.41, 5.74) is 0. The highest BCUT2D eigenvalue weighted by molar-refractivity contribution is 5.83. The third kappa shape index (κ3) is 3.86. The molecule has 1 rings (SSSR count). The van der Waals surface area contributed by atoms with Crippen molar-refractivity contribution in [1.82, 2.24) is 10.2 Å². The first-order valence-electron chi connectivity index (χ1n) is 5.50. The predicted octanol–water partition coefficient (Wildman–Crippen LogP) is 0.00870. The lowest BCUT2D eigenvalue weighted by atomic mass is 9.96. The number of hydrogen-bond donors (Lipinski definition) is 1. The normalized spacial score (nSPS) is 16.0. The Kier molecular flexibility index (Phi) is 5.34. The molecule has 0 atom stereocenters. The topological polar surface area (TPSA) is 84.9 Å². The molecule has 8 heteroatoms. The van der Waals surface area contributed by atoms with Gasteiger partial charge in [0, 0.05) is 23.5 Å². The lowest BCUT2D eigenvalue weighted by Gasteiger charge is -2.29. The van der Waals surface area contributed by atoms with Gasteiger partial charge in [0.25, 0.3) is 0 Å². The number of carbonyl (C=O) groups is 3. The van der Waals surface area contributed by atoms with E-state index in [1.807, 2.05) is 0 Å². The molecule has 0 aliphatic carbocycles. The zero-order valence-electron chi connectivity index (χ0n) is 9.98. The first-order chi connectivity index (χ1) is 8.58. The summed E-state index contributed by atoms with van der Waals surface area (Å²) >= 11 is 0. The molecular weight excluding hydrogens is 247 g/mol. The zero-order chi connectivity index (χ0) is 13.5. The average Bonchev–Trinajstić information content (AvgIpc) is 2.43. The maximum absolute atomic E-state index is 11.7. The van der Waals surface area contributed by atoms with Gasteiger partial charge in [-0.25, -0.2) is 9.74 Å². The molecule has 18 heavy (non-hydrogen) atoms. The Morgan fingerprint density at radius 1 is 1.33 bits per heavy atom. The van der Waals surface area contributed by atoms with E-state index in [2.05, 4.69) is 15.0 Å². The number of methoxy groups -OCH3 is 1. The second kappa shape index (κ2) is 6.77. The van der Waals surface area contributed by atoms with Crippen LogP contribution in [0.5, 0.6) is 0 Å². The van der Waals surface area contributed by atoms with E-state index in [1.54, 1.807) is 0 Å². The fourth-order valence-electron chi connectivity index (χ4n) is 1.75. The number of nitrogens with one attached hydrogen (secondary N) is 1. The van der Waals surface area contributed by atoms with Crippen LogP contribution in [-0.2, 0) is 19.3 Å². The fourth-order valence-corrected chi connectivity index (χ4v) is 1.75. The maximum atomic E-state index is 11.7. The molecule has 1 saturated heterocycles. The summed E-state index contributed by atoms with van der Waals surface area (Å²) in [6.07, 6.45) is -0.229. The number of rotatable bonds is 3. The molecule has 1 heterocycles. The minimum Gasteiger partial charge on any atom is -0.468 e. The number of hydrogen-bond acceptors (Lipinski definition) is 5. The number of amides is 2. The van der Waals surface area contributed by atoms with Crippen LogP contribution in [0.15, 0.2) is 0 Å². The van der Waals surface area contributed by atoms with Gasteiger partial charge >= 0.3 is 12.1 Å². The zero-order valence-corrected chi connectivity index (χ0v) is 9.98. The van der Waals surface area contributed by atoms with Gasteiger partial charge in [-0.1, -0.05) is 0 Å². The smallest absolute Gasteiger partial charge is 0.447 e. The molecule has 0 radical (unpaired) electrons. The van der Waals surface area contributed by atoms with Crippen molar-refractivity contribution in [3.8, 4) is 0 Å². The second-order valence-electron chi connectivity index (χ2n) is 3.90. The molecule has 0 saturated carbocycles. The van der Waals surface area contributed by atoms with Crippen LogP contribution in [0.3, 0.4) is 0 Å². The van der Waals surface area contributed by atoms with E-state index < -0.39 is 12.1 Å². The van der Waals surface area contributed by atoms with Gasteiger partial charge in [0.2, 0.25) is 5.91 Å². The quantitative estimate of drug-likeness (QED) is 0.724. The van der Waals surface area contributed by atoms with Crippen molar-refractivity contribution in [2.24, 2.45) is 5.92 Å². The number of likely N-dealkylation sites (tertiary alicyclic amines) is 1. The summed E-state index contributed by atoms with van der Waals surface area (Å²) in [7, 11) is 1.23. The third-order valence-electron chi connectivity index (χ3n) is 2.82. The Balaban J connectivity index is 2.31. The molecule has 0 aromatic carbocycles. The molecule has 1 aliphatic rings. The average molecular weight is 262 g/mol. The molecule has 2 amide bonds. The summed E-state index contributed by atoms with van der Waals surface area (Å²) in [5.74, 6) is -1.09. The Hall–Kier alpha value is -1.86. The highest BCUT2D eigenvalue weighted by atomic mass is 19.3. The predicted molar refractivity (Wildman–Crippen MR) is 56.9 cm³/mol. The molecule has 0 aromatic heterocycles. The fraction of sp³-hybridized carbons (Fsp3) is 0.700. The summed E-state index contributed by atoms with van der Waals surface area (Å²) in [6, 6.07) is 0. The van der Waals surface area contributed by atoms with E-state index in [1.165, 1.54) is 12.0 Å². The van der Waals surface area contributed by atoms with Crippen LogP contribution in [0.4, 0.5) is 9.32 Å². The van der Waals surface area contributed by atoms with Crippen molar-refractivity contribution in [3.05, 3.63) is 0 Å². The minimum atomic E-state index is -1.04. The van der Waals surface area contributed by atoms with Crippen molar-refractivity contribution in [3.63, 3.8) is 0 Å². The summed E-state index contributed by atoms with van der Waals surface area (Å²) in [5, 5.41) is 2.44. The number of halogens is 1. The molecule has 0 unspecified atom stereocenters. The van der Waals surface area contributed by atoms with Gasteiger partial charge in [-0.3, -0.25) is 9.59 Å². The maximum Gasteiger partial charge on any atom is 0.447 e.